The summed E-state index contributed by atoms with van der Waals surface area (Å²) in [6.45, 7) is 3.90. The molecule has 0 saturated carbocycles. The van der Waals surface area contributed by atoms with Crippen molar-refractivity contribution < 1.29 is 13.2 Å². The van der Waals surface area contributed by atoms with Crippen LogP contribution in [0.5, 0.6) is 0 Å². The second-order valence-electron chi connectivity index (χ2n) is 3.65. The summed E-state index contributed by atoms with van der Waals surface area (Å²) in [5.41, 5.74) is -0.979. The van der Waals surface area contributed by atoms with E-state index in [1.54, 1.807) is 13.8 Å². The molecule has 0 aliphatic rings. The second-order valence-corrected chi connectivity index (χ2v) is 5.67. The fourth-order valence-electron chi connectivity index (χ4n) is 1.27. The molecular formula is C10H10F3N5S2. The highest BCUT2D eigenvalue weighted by molar-refractivity contribution is 8.00. The van der Waals surface area contributed by atoms with Gasteiger partial charge in [0.25, 0.3) is 0 Å². The van der Waals surface area contributed by atoms with Gasteiger partial charge in [-0.05, 0) is 37.1 Å². The summed E-state index contributed by atoms with van der Waals surface area (Å²) in [4.78, 5) is 11.6. The molecule has 0 saturated heterocycles. The van der Waals surface area contributed by atoms with Crippen LogP contribution in [0.1, 0.15) is 18.4 Å². The number of alkyl halides is 3. The second kappa shape index (κ2) is 5.92. The summed E-state index contributed by atoms with van der Waals surface area (Å²) >= 11 is 2.15. The lowest BCUT2D eigenvalue weighted by molar-refractivity contribution is -0.141. The highest BCUT2D eigenvalue weighted by atomic mass is 32.2. The van der Waals surface area contributed by atoms with Crippen LogP contribution >= 0.6 is 23.3 Å². The van der Waals surface area contributed by atoms with Gasteiger partial charge in [0.1, 0.15) is 10.9 Å². The average Bonchev–Trinajstić information content (AvgIpc) is 2.74. The van der Waals surface area contributed by atoms with Crippen LogP contribution in [0.25, 0.3) is 0 Å². The molecule has 10 heteroatoms. The molecule has 2 rings (SSSR count). The molecule has 0 bridgehead atoms. The Morgan fingerprint density at radius 2 is 2.05 bits per heavy atom. The van der Waals surface area contributed by atoms with Gasteiger partial charge in [0.15, 0.2) is 10.0 Å². The van der Waals surface area contributed by atoms with Gasteiger partial charge in [0.05, 0.1) is 0 Å². The van der Waals surface area contributed by atoms with Crippen molar-refractivity contribution in [3.05, 3.63) is 17.6 Å². The van der Waals surface area contributed by atoms with E-state index in [2.05, 4.69) is 24.6 Å². The number of aryl methyl sites for hydroxylation is 1. The van der Waals surface area contributed by atoms with Gasteiger partial charge in [0.2, 0.25) is 5.95 Å². The number of aromatic nitrogens is 4. The molecule has 0 atom stereocenters. The largest absolute Gasteiger partial charge is 0.433 e. The minimum atomic E-state index is -4.51. The Morgan fingerprint density at radius 1 is 1.30 bits per heavy atom. The van der Waals surface area contributed by atoms with E-state index < -0.39 is 11.9 Å². The highest BCUT2D eigenvalue weighted by Crippen LogP contribution is 2.33. The Kier molecular flexibility index (Phi) is 4.43. The Bertz CT molecular complexity index is 599. The van der Waals surface area contributed by atoms with Gasteiger partial charge in [0, 0.05) is 12.6 Å². The van der Waals surface area contributed by atoms with E-state index in [-0.39, 0.29) is 11.0 Å². The van der Waals surface area contributed by atoms with Crippen molar-refractivity contribution in [3.63, 3.8) is 0 Å². The number of hydrogen-bond acceptors (Lipinski definition) is 7. The number of rotatable bonds is 4. The van der Waals surface area contributed by atoms with Gasteiger partial charge in [-0.2, -0.15) is 17.5 Å². The highest BCUT2D eigenvalue weighted by Gasteiger charge is 2.33. The van der Waals surface area contributed by atoms with Crippen molar-refractivity contribution in [3.8, 4) is 0 Å². The van der Waals surface area contributed by atoms with E-state index in [1.807, 2.05) is 0 Å². The van der Waals surface area contributed by atoms with E-state index in [0.29, 0.717) is 16.7 Å². The molecule has 0 amide bonds. The fraction of sp³-hybridized carbons (Fsp3) is 0.400. The van der Waals surface area contributed by atoms with Crippen molar-refractivity contribution in [1.29, 1.82) is 0 Å². The summed E-state index contributed by atoms with van der Waals surface area (Å²) in [7, 11) is 0. The smallest absolute Gasteiger partial charge is 0.354 e. The first-order valence-electron chi connectivity index (χ1n) is 5.57. The van der Waals surface area contributed by atoms with Crippen molar-refractivity contribution in [2.24, 2.45) is 0 Å². The first-order chi connectivity index (χ1) is 9.38. The predicted molar refractivity (Wildman–Crippen MR) is 70.0 cm³/mol. The van der Waals surface area contributed by atoms with Crippen LogP contribution in [-0.2, 0) is 6.18 Å². The zero-order valence-electron chi connectivity index (χ0n) is 10.5. The third-order valence-electron chi connectivity index (χ3n) is 2.03. The lowest BCUT2D eigenvalue weighted by Gasteiger charge is -2.09. The molecule has 0 aliphatic heterocycles. The van der Waals surface area contributed by atoms with Crippen molar-refractivity contribution in [1.82, 2.24) is 19.3 Å². The normalized spacial score (nSPS) is 11.7. The minimum absolute atomic E-state index is 0.0499. The van der Waals surface area contributed by atoms with E-state index >= 15 is 0 Å². The zero-order valence-corrected chi connectivity index (χ0v) is 12.2. The van der Waals surface area contributed by atoms with E-state index in [1.165, 1.54) is 0 Å². The monoisotopic (exact) mass is 321 g/mol. The molecule has 1 N–H and O–H groups in total. The summed E-state index contributed by atoms with van der Waals surface area (Å²) in [5, 5.41) is 2.86. The predicted octanol–water partition coefficient (Wildman–Crippen LogP) is 3.24. The minimum Gasteiger partial charge on any atom is -0.354 e. The number of nitrogens with zero attached hydrogens (tertiary/aromatic N) is 4. The topological polar surface area (TPSA) is 63.6 Å². The molecule has 0 aliphatic carbocycles. The van der Waals surface area contributed by atoms with E-state index in [4.69, 9.17) is 0 Å². The molecule has 0 fully saturated rings. The third kappa shape index (κ3) is 3.79. The average molecular weight is 321 g/mol. The number of hydrogen-bond donors (Lipinski definition) is 1. The zero-order chi connectivity index (χ0) is 14.8. The van der Waals surface area contributed by atoms with Gasteiger partial charge in [-0.3, -0.25) is 0 Å². The maximum atomic E-state index is 12.8. The molecule has 0 unspecified atom stereocenters. The van der Waals surface area contributed by atoms with Crippen LogP contribution in [0.4, 0.5) is 19.1 Å². The first-order valence-corrected chi connectivity index (χ1v) is 7.16. The molecule has 20 heavy (non-hydrogen) atoms. The quantitative estimate of drug-likeness (QED) is 0.872. The molecule has 2 aromatic rings. The maximum absolute atomic E-state index is 12.8. The van der Waals surface area contributed by atoms with Crippen molar-refractivity contribution >= 4 is 29.2 Å². The van der Waals surface area contributed by atoms with Crippen molar-refractivity contribution in [2.45, 2.75) is 29.4 Å². The molecule has 108 valence electrons. The Morgan fingerprint density at radius 3 is 2.60 bits per heavy atom. The number of halogens is 3. The molecular weight excluding hydrogens is 311 g/mol. The van der Waals surface area contributed by atoms with E-state index in [0.717, 1.165) is 29.4 Å². The molecule has 0 radical (unpaired) electrons. The number of nitrogens with one attached hydrogen (secondary N) is 1. The van der Waals surface area contributed by atoms with Gasteiger partial charge < -0.3 is 5.32 Å². The Hall–Kier alpha value is -1.42. The van der Waals surface area contributed by atoms with Crippen LogP contribution in [0, 0.1) is 6.92 Å². The summed E-state index contributed by atoms with van der Waals surface area (Å²) in [5.74, 6) is 0.528. The lowest BCUT2D eigenvalue weighted by atomic mass is 10.4. The van der Waals surface area contributed by atoms with Crippen LogP contribution in [0.15, 0.2) is 15.4 Å². The van der Waals surface area contributed by atoms with Gasteiger partial charge in [-0.15, -0.1) is 0 Å². The summed E-state index contributed by atoms with van der Waals surface area (Å²) in [6, 6.07) is 0.905. The first kappa shape index (κ1) is 15.0. The molecule has 0 spiro atoms. The van der Waals surface area contributed by atoms with Crippen molar-refractivity contribution in [2.75, 3.05) is 11.9 Å². The van der Waals surface area contributed by atoms with Crippen LogP contribution in [-0.4, -0.2) is 25.9 Å². The number of anilines is 1. The van der Waals surface area contributed by atoms with Crippen LogP contribution in [0.2, 0.25) is 0 Å². The Balaban J connectivity index is 2.33. The third-order valence-corrected chi connectivity index (χ3v) is 3.79. The summed E-state index contributed by atoms with van der Waals surface area (Å²) in [6.07, 6.45) is -4.51. The molecule has 5 nitrogen and oxygen atoms in total. The standard InChI is InChI=1S/C10H10F3N5S2/c1-3-14-8-16-6(10(11,12)13)4-7(17-8)19-9-15-5(2)18-20-9/h4H,3H2,1-2H3,(H,14,16,17). The van der Waals surface area contributed by atoms with Gasteiger partial charge in [-0.25, -0.2) is 15.0 Å². The SMILES string of the molecule is CCNc1nc(Sc2nc(C)ns2)cc(C(F)(F)F)n1. The Labute approximate surface area is 121 Å². The molecule has 2 aromatic heterocycles. The molecule has 2 heterocycles. The van der Waals surface area contributed by atoms with E-state index in [9.17, 15) is 13.2 Å². The maximum Gasteiger partial charge on any atom is 0.433 e. The lowest BCUT2D eigenvalue weighted by Crippen LogP contribution is -2.12. The van der Waals surface area contributed by atoms with Gasteiger partial charge in [-0.1, -0.05) is 0 Å². The fourth-order valence-corrected chi connectivity index (χ4v) is 2.87. The molecule has 0 aromatic carbocycles. The van der Waals surface area contributed by atoms with Crippen LogP contribution in [0.3, 0.4) is 0 Å². The summed E-state index contributed by atoms with van der Waals surface area (Å²) < 4.78 is 42.8. The van der Waals surface area contributed by atoms with Gasteiger partial charge >= 0.3 is 6.18 Å². The van der Waals surface area contributed by atoms with Crippen LogP contribution < -0.4 is 5.32 Å².